The van der Waals surface area contributed by atoms with Gasteiger partial charge in [0.2, 0.25) is 0 Å². The highest BCUT2D eigenvalue weighted by molar-refractivity contribution is 8.03. The molecule has 5 heteroatoms. The number of allylic oxidation sites excluding steroid dienone is 3. The molecule has 1 N–H and O–H groups in total. The van der Waals surface area contributed by atoms with Crippen molar-refractivity contribution < 1.29 is 9.90 Å². The van der Waals surface area contributed by atoms with Crippen LogP contribution < -0.4 is 4.90 Å². The fourth-order valence-corrected chi connectivity index (χ4v) is 3.34. The van der Waals surface area contributed by atoms with Crippen molar-refractivity contribution in [1.29, 1.82) is 0 Å². The summed E-state index contributed by atoms with van der Waals surface area (Å²) in [5.41, 5.74) is 2.20. The van der Waals surface area contributed by atoms with Crippen LogP contribution in [0.4, 0.5) is 11.4 Å². The van der Waals surface area contributed by atoms with Crippen molar-refractivity contribution in [2.75, 3.05) is 11.9 Å². The van der Waals surface area contributed by atoms with E-state index in [9.17, 15) is 4.79 Å². The van der Waals surface area contributed by atoms with Crippen LogP contribution in [0.1, 0.15) is 10.4 Å². The van der Waals surface area contributed by atoms with E-state index >= 15 is 0 Å². The molecule has 0 fully saturated rings. The molecule has 0 amide bonds. The van der Waals surface area contributed by atoms with E-state index in [1.54, 1.807) is 42.2 Å². The van der Waals surface area contributed by atoms with Gasteiger partial charge in [0.1, 0.15) is 0 Å². The summed E-state index contributed by atoms with van der Waals surface area (Å²) in [5.74, 6) is -0.934. The molecule has 1 aliphatic heterocycles. The lowest BCUT2D eigenvalue weighted by Gasteiger charge is -2.12. The Balaban J connectivity index is 1.62. The molecule has 2 aromatic rings. The lowest BCUT2D eigenvalue weighted by molar-refractivity contribution is 0.0697. The van der Waals surface area contributed by atoms with Gasteiger partial charge in [0, 0.05) is 18.2 Å². The van der Waals surface area contributed by atoms with E-state index in [0.29, 0.717) is 0 Å². The van der Waals surface area contributed by atoms with Crippen LogP contribution >= 0.6 is 11.8 Å². The summed E-state index contributed by atoms with van der Waals surface area (Å²) in [4.78, 5) is 18.5. The minimum Gasteiger partial charge on any atom is -0.478 e. The molecular weight excluding hydrogens is 320 g/mol. The minimum atomic E-state index is -0.934. The van der Waals surface area contributed by atoms with Crippen molar-refractivity contribution in [3.8, 4) is 0 Å². The fraction of sp³-hybridized carbons (Fsp3) is 0.0526. The Morgan fingerprint density at radius 3 is 2.58 bits per heavy atom. The lowest BCUT2D eigenvalue weighted by Crippen LogP contribution is -2.08. The molecule has 0 radical (unpaired) electrons. The number of fused-ring (bicyclic) bond motifs is 1. The van der Waals surface area contributed by atoms with E-state index in [1.807, 2.05) is 30.4 Å². The number of aliphatic imine (C=N–C) groups is 1. The van der Waals surface area contributed by atoms with Crippen LogP contribution in [0.3, 0.4) is 0 Å². The molecule has 1 aliphatic rings. The molecule has 120 valence electrons. The number of thioether (sulfide) groups is 1. The van der Waals surface area contributed by atoms with Crippen LogP contribution in [-0.2, 0) is 0 Å². The van der Waals surface area contributed by atoms with E-state index in [2.05, 4.69) is 29.1 Å². The Hall–Kier alpha value is -2.79. The molecule has 0 saturated carbocycles. The number of para-hydroxylation sites is 1. The van der Waals surface area contributed by atoms with Crippen LogP contribution in [0.5, 0.6) is 0 Å². The van der Waals surface area contributed by atoms with Crippen molar-refractivity contribution in [3.05, 3.63) is 77.4 Å². The maximum Gasteiger partial charge on any atom is 0.335 e. The molecule has 4 nitrogen and oxygen atoms in total. The molecule has 24 heavy (non-hydrogen) atoms. The molecular formula is C19H16N2O2S. The van der Waals surface area contributed by atoms with Gasteiger partial charge in [0.25, 0.3) is 0 Å². The maximum absolute atomic E-state index is 10.8. The van der Waals surface area contributed by atoms with Gasteiger partial charge in [-0.2, -0.15) is 0 Å². The van der Waals surface area contributed by atoms with Gasteiger partial charge in [-0.15, -0.1) is 0 Å². The van der Waals surface area contributed by atoms with Crippen molar-refractivity contribution in [3.63, 3.8) is 0 Å². The van der Waals surface area contributed by atoms with E-state index in [0.717, 1.165) is 10.7 Å². The summed E-state index contributed by atoms with van der Waals surface area (Å²) in [5, 5.41) is 10.0. The Morgan fingerprint density at radius 1 is 1.12 bits per heavy atom. The molecule has 0 atom stereocenters. The highest BCUT2D eigenvalue weighted by Gasteiger charge is 2.20. The van der Waals surface area contributed by atoms with Crippen molar-refractivity contribution >= 4 is 35.3 Å². The zero-order valence-electron chi connectivity index (χ0n) is 13.1. The molecule has 0 spiro atoms. The normalized spacial score (nSPS) is 15.5. The first-order valence-electron chi connectivity index (χ1n) is 7.40. The van der Waals surface area contributed by atoms with Crippen LogP contribution in [0, 0.1) is 0 Å². The molecule has 0 saturated heterocycles. The zero-order valence-corrected chi connectivity index (χ0v) is 13.9. The fourth-order valence-electron chi connectivity index (χ4n) is 2.27. The van der Waals surface area contributed by atoms with Crippen molar-refractivity contribution in [2.24, 2.45) is 4.99 Å². The Kier molecular flexibility index (Phi) is 4.82. The van der Waals surface area contributed by atoms with Gasteiger partial charge in [-0.3, -0.25) is 4.99 Å². The van der Waals surface area contributed by atoms with Crippen molar-refractivity contribution in [1.82, 2.24) is 0 Å². The standard InChI is InChI=1S/C19H16N2O2S/c1-21-16-6-2-3-7-17(16)24-18(21)8-4-5-13-20-15-11-9-14(10-12-15)19(22)23/h2-13H,1H3,(H,22,23)/b5-4+,18-8-,20-13?. The summed E-state index contributed by atoms with van der Waals surface area (Å²) < 4.78 is 0. The van der Waals surface area contributed by atoms with E-state index < -0.39 is 5.97 Å². The average molecular weight is 336 g/mol. The number of rotatable bonds is 4. The van der Waals surface area contributed by atoms with Crippen LogP contribution in [0.2, 0.25) is 0 Å². The predicted molar refractivity (Wildman–Crippen MR) is 99.5 cm³/mol. The molecule has 0 bridgehead atoms. The Bertz CT molecular complexity index is 839. The first-order valence-corrected chi connectivity index (χ1v) is 8.22. The predicted octanol–water partition coefficient (Wildman–Crippen LogP) is 4.73. The monoisotopic (exact) mass is 336 g/mol. The average Bonchev–Trinajstić information content (AvgIpc) is 2.91. The number of carboxylic acid groups (broad SMARTS) is 1. The summed E-state index contributed by atoms with van der Waals surface area (Å²) >= 11 is 1.74. The zero-order chi connectivity index (χ0) is 16.9. The summed E-state index contributed by atoms with van der Waals surface area (Å²) in [6.45, 7) is 0. The molecule has 0 aromatic heterocycles. The second kappa shape index (κ2) is 7.19. The third kappa shape index (κ3) is 3.58. The summed E-state index contributed by atoms with van der Waals surface area (Å²) in [6.07, 6.45) is 7.54. The third-order valence-corrected chi connectivity index (χ3v) is 4.73. The smallest absolute Gasteiger partial charge is 0.335 e. The van der Waals surface area contributed by atoms with Gasteiger partial charge < -0.3 is 10.0 Å². The minimum absolute atomic E-state index is 0.259. The number of anilines is 1. The van der Waals surface area contributed by atoms with E-state index in [1.165, 1.54) is 10.6 Å². The number of nitrogens with zero attached hydrogens (tertiary/aromatic N) is 2. The number of hydrogen-bond donors (Lipinski definition) is 1. The quantitative estimate of drug-likeness (QED) is 0.820. The molecule has 0 aliphatic carbocycles. The molecule has 1 heterocycles. The highest BCUT2D eigenvalue weighted by Crippen LogP contribution is 2.44. The highest BCUT2D eigenvalue weighted by atomic mass is 32.2. The topological polar surface area (TPSA) is 52.9 Å². The first kappa shape index (κ1) is 16.1. The van der Waals surface area contributed by atoms with Gasteiger partial charge in [0.05, 0.1) is 22.0 Å². The molecule has 2 aromatic carbocycles. The largest absolute Gasteiger partial charge is 0.478 e. The van der Waals surface area contributed by atoms with Gasteiger partial charge in [0.15, 0.2) is 0 Å². The lowest BCUT2D eigenvalue weighted by atomic mass is 10.2. The van der Waals surface area contributed by atoms with E-state index in [-0.39, 0.29) is 5.56 Å². The Morgan fingerprint density at radius 2 is 1.88 bits per heavy atom. The number of carboxylic acids is 1. The van der Waals surface area contributed by atoms with Crippen LogP contribution in [0.15, 0.2) is 81.7 Å². The van der Waals surface area contributed by atoms with Crippen LogP contribution in [-0.4, -0.2) is 24.3 Å². The summed E-state index contributed by atoms with van der Waals surface area (Å²) in [7, 11) is 2.05. The Labute approximate surface area is 144 Å². The van der Waals surface area contributed by atoms with Gasteiger partial charge in [-0.1, -0.05) is 30.0 Å². The number of hydrogen-bond acceptors (Lipinski definition) is 4. The second-order valence-electron chi connectivity index (χ2n) is 5.15. The third-order valence-electron chi connectivity index (χ3n) is 3.55. The second-order valence-corrected chi connectivity index (χ2v) is 6.21. The van der Waals surface area contributed by atoms with E-state index in [4.69, 9.17) is 5.11 Å². The SMILES string of the molecule is CN1/C(=C/C=C/C=Nc2ccc(C(=O)O)cc2)Sc2ccccc21. The van der Waals surface area contributed by atoms with Gasteiger partial charge in [-0.25, -0.2) is 4.79 Å². The number of aromatic carboxylic acids is 1. The molecule has 0 unspecified atom stereocenters. The summed E-state index contributed by atoms with van der Waals surface area (Å²) in [6, 6.07) is 14.8. The maximum atomic E-state index is 10.8. The van der Waals surface area contributed by atoms with Crippen LogP contribution in [0.25, 0.3) is 0 Å². The van der Waals surface area contributed by atoms with Gasteiger partial charge in [-0.05, 0) is 48.6 Å². The number of carbonyl (C=O) groups is 1. The molecule has 3 rings (SSSR count). The van der Waals surface area contributed by atoms with Crippen molar-refractivity contribution in [2.45, 2.75) is 4.90 Å². The van der Waals surface area contributed by atoms with Gasteiger partial charge >= 0.3 is 5.97 Å². The first-order chi connectivity index (χ1) is 11.6. The number of benzene rings is 2.